The van der Waals surface area contributed by atoms with Crippen molar-refractivity contribution in [3.05, 3.63) is 33.8 Å². The highest BCUT2D eigenvalue weighted by molar-refractivity contribution is 6.42. The van der Waals surface area contributed by atoms with Gasteiger partial charge in [0.05, 0.1) is 14.9 Å². The second-order valence-corrected chi connectivity index (χ2v) is 6.40. The van der Waals surface area contributed by atoms with Crippen LogP contribution in [-0.4, -0.2) is 13.6 Å². The lowest BCUT2D eigenvalue weighted by atomic mass is 9.83. The molecule has 1 saturated carbocycles. The van der Waals surface area contributed by atoms with Crippen LogP contribution >= 0.6 is 34.8 Å². The van der Waals surface area contributed by atoms with E-state index in [2.05, 4.69) is 12.2 Å². The highest BCUT2D eigenvalue weighted by Crippen LogP contribution is 2.44. The zero-order valence-corrected chi connectivity index (χ0v) is 13.9. The fourth-order valence-electron chi connectivity index (χ4n) is 2.18. The molecule has 1 aliphatic carbocycles. The van der Waals surface area contributed by atoms with Crippen LogP contribution < -0.4 is 5.32 Å². The van der Waals surface area contributed by atoms with Crippen LogP contribution in [0, 0.1) is 0 Å². The average Bonchev–Trinajstić information content (AvgIpc) is 2.43. The van der Waals surface area contributed by atoms with Gasteiger partial charge in [0, 0.05) is 0 Å². The summed E-state index contributed by atoms with van der Waals surface area (Å²) < 4.78 is 0. The van der Waals surface area contributed by atoms with E-state index in [1.165, 1.54) is 19.3 Å². The van der Waals surface area contributed by atoms with Crippen molar-refractivity contribution in [2.45, 2.75) is 43.9 Å². The van der Waals surface area contributed by atoms with E-state index >= 15 is 0 Å². The molecule has 0 unspecified atom stereocenters. The molecule has 1 aliphatic rings. The van der Waals surface area contributed by atoms with Gasteiger partial charge in [-0.25, -0.2) is 0 Å². The summed E-state index contributed by atoms with van der Waals surface area (Å²) in [6, 6.07) is 5.73. The Morgan fingerprint density at radius 3 is 2.16 bits per heavy atom. The first-order valence-corrected chi connectivity index (χ1v) is 7.96. The monoisotopic (exact) mass is 321 g/mol. The minimum atomic E-state index is -0.216. The van der Waals surface area contributed by atoms with E-state index in [1.807, 2.05) is 25.2 Å². The molecule has 1 aromatic carbocycles. The maximum Gasteiger partial charge on any atom is 0.0695 e. The van der Waals surface area contributed by atoms with E-state index in [-0.39, 0.29) is 4.87 Å². The number of hydrogen-bond donors (Lipinski definition) is 1. The fraction of sp³-hybridized carbons (Fsp3) is 0.600. The van der Waals surface area contributed by atoms with E-state index in [9.17, 15) is 0 Å². The zero-order chi connectivity index (χ0) is 14.3. The minimum Gasteiger partial charge on any atom is -0.320 e. The van der Waals surface area contributed by atoms with Gasteiger partial charge in [-0.15, -0.1) is 11.6 Å². The van der Waals surface area contributed by atoms with Gasteiger partial charge in [-0.2, -0.15) is 0 Å². The topological polar surface area (TPSA) is 12.0 Å². The summed E-state index contributed by atoms with van der Waals surface area (Å²) in [4.78, 5) is -0.216. The van der Waals surface area contributed by atoms with Gasteiger partial charge in [0.25, 0.3) is 0 Å². The molecule has 0 atom stereocenters. The largest absolute Gasteiger partial charge is 0.320 e. The van der Waals surface area contributed by atoms with Crippen molar-refractivity contribution < 1.29 is 0 Å². The molecule has 19 heavy (non-hydrogen) atoms. The van der Waals surface area contributed by atoms with Gasteiger partial charge in [-0.05, 0) is 44.1 Å². The highest BCUT2D eigenvalue weighted by atomic mass is 35.5. The number of benzene rings is 1. The van der Waals surface area contributed by atoms with Gasteiger partial charge in [-0.1, -0.05) is 55.5 Å². The van der Waals surface area contributed by atoms with E-state index in [0.29, 0.717) is 10.0 Å². The van der Waals surface area contributed by atoms with Crippen LogP contribution in [0.2, 0.25) is 10.0 Å². The predicted octanol–water partition coefficient (Wildman–Crippen LogP) is 5.62. The Morgan fingerprint density at radius 2 is 1.68 bits per heavy atom. The Kier molecular flexibility index (Phi) is 7.53. The molecule has 0 amide bonds. The molecule has 1 nitrogen and oxygen atoms in total. The van der Waals surface area contributed by atoms with E-state index in [0.717, 1.165) is 24.9 Å². The lowest BCUT2D eigenvalue weighted by molar-refractivity contribution is 0.399. The zero-order valence-electron chi connectivity index (χ0n) is 11.6. The van der Waals surface area contributed by atoms with Crippen molar-refractivity contribution in [3.63, 3.8) is 0 Å². The maximum absolute atomic E-state index is 6.62. The average molecular weight is 323 g/mol. The lowest BCUT2D eigenvalue weighted by Crippen LogP contribution is -2.21. The minimum absolute atomic E-state index is 0.216. The molecule has 2 rings (SSSR count). The summed E-state index contributed by atoms with van der Waals surface area (Å²) >= 11 is 18.5. The summed E-state index contributed by atoms with van der Waals surface area (Å²) in [6.45, 7) is 3.14. The SMILES string of the molecule is CCNC.Clc1ccc(C2(Cl)CCCCC2)cc1Cl. The quantitative estimate of drug-likeness (QED) is 0.697. The Morgan fingerprint density at radius 1 is 1.11 bits per heavy atom. The van der Waals surface area contributed by atoms with Crippen molar-refractivity contribution in [3.8, 4) is 0 Å². The van der Waals surface area contributed by atoms with Crippen molar-refractivity contribution in [1.82, 2.24) is 5.32 Å². The van der Waals surface area contributed by atoms with Crippen LogP contribution in [0.4, 0.5) is 0 Å². The second-order valence-electron chi connectivity index (χ2n) is 4.86. The summed E-state index contributed by atoms with van der Waals surface area (Å²) in [5.74, 6) is 0. The van der Waals surface area contributed by atoms with Gasteiger partial charge in [0.15, 0.2) is 0 Å². The molecule has 0 bridgehead atoms. The van der Waals surface area contributed by atoms with Crippen LogP contribution in [-0.2, 0) is 4.87 Å². The Balaban J connectivity index is 0.000000399. The van der Waals surface area contributed by atoms with Crippen molar-refractivity contribution in [1.29, 1.82) is 0 Å². The molecule has 0 heterocycles. The second kappa shape index (κ2) is 8.36. The lowest BCUT2D eigenvalue weighted by Gasteiger charge is -2.31. The molecule has 0 aromatic heterocycles. The number of nitrogens with one attached hydrogen (secondary N) is 1. The molecule has 4 heteroatoms. The van der Waals surface area contributed by atoms with Crippen LogP contribution in [0.3, 0.4) is 0 Å². The Labute approximate surface area is 131 Å². The number of halogens is 3. The summed E-state index contributed by atoms with van der Waals surface area (Å²) in [5.41, 5.74) is 1.11. The third-order valence-electron chi connectivity index (χ3n) is 3.44. The first kappa shape index (κ1) is 17.1. The third kappa shape index (κ3) is 5.15. The van der Waals surface area contributed by atoms with Crippen molar-refractivity contribution in [2.75, 3.05) is 13.6 Å². The first-order chi connectivity index (χ1) is 9.03. The van der Waals surface area contributed by atoms with Crippen LogP contribution in [0.25, 0.3) is 0 Å². The normalized spacial score (nSPS) is 17.5. The molecule has 0 aliphatic heterocycles. The van der Waals surface area contributed by atoms with Crippen LogP contribution in [0.5, 0.6) is 0 Å². The predicted molar refractivity (Wildman–Crippen MR) is 86.7 cm³/mol. The van der Waals surface area contributed by atoms with Crippen LogP contribution in [0.15, 0.2) is 18.2 Å². The molecular weight excluding hydrogens is 301 g/mol. The fourth-order valence-corrected chi connectivity index (χ4v) is 2.86. The molecule has 0 saturated heterocycles. The first-order valence-electron chi connectivity index (χ1n) is 6.82. The van der Waals surface area contributed by atoms with Crippen LogP contribution in [0.1, 0.15) is 44.6 Å². The molecular formula is C15H22Cl3N. The van der Waals surface area contributed by atoms with E-state index in [4.69, 9.17) is 34.8 Å². The van der Waals surface area contributed by atoms with Gasteiger partial charge >= 0.3 is 0 Å². The summed E-state index contributed by atoms with van der Waals surface area (Å²) in [5, 5.41) is 4.12. The molecule has 0 spiro atoms. The smallest absolute Gasteiger partial charge is 0.0695 e. The standard InChI is InChI=1S/C12H13Cl3.C3H9N/c13-10-5-4-9(8-11(10)14)12(15)6-2-1-3-7-12;1-3-4-2/h4-5,8H,1-3,6-7H2;4H,3H2,1-2H3. The Hall–Kier alpha value is 0.0500. The summed E-state index contributed by atoms with van der Waals surface area (Å²) in [6.07, 6.45) is 5.75. The summed E-state index contributed by atoms with van der Waals surface area (Å²) in [7, 11) is 1.93. The van der Waals surface area contributed by atoms with Gasteiger partial charge in [0.1, 0.15) is 0 Å². The van der Waals surface area contributed by atoms with Gasteiger partial charge in [-0.3, -0.25) is 0 Å². The number of hydrogen-bond acceptors (Lipinski definition) is 1. The van der Waals surface area contributed by atoms with E-state index in [1.54, 1.807) is 0 Å². The number of alkyl halides is 1. The molecule has 108 valence electrons. The molecule has 1 N–H and O–H groups in total. The maximum atomic E-state index is 6.62. The highest BCUT2D eigenvalue weighted by Gasteiger charge is 2.31. The third-order valence-corrected chi connectivity index (χ3v) is 4.77. The van der Waals surface area contributed by atoms with Gasteiger partial charge in [0.2, 0.25) is 0 Å². The van der Waals surface area contributed by atoms with Crippen molar-refractivity contribution in [2.24, 2.45) is 0 Å². The van der Waals surface area contributed by atoms with Gasteiger partial charge < -0.3 is 5.32 Å². The Bertz CT molecular complexity index is 385. The molecule has 1 aromatic rings. The van der Waals surface area contributed by atoms with Crippen molar-refractivity contribution >= 4 is 34.8 Å². The molecule has 0 radical (unpaired) electrons. The number of rotatable bonds is 2. The molecule has 1 fully saturated rings. The van der Waals surface area contributed by atoms with E-state index < -0.39 is 0 Å².